The van der Waals surface area contributed by atoms with Gasteiger partial charge in [0.1, 0.15) is 23.8 Å². The number of hydrogen-bond donors (Lipinski definition) is 1. The van der Waals surface area contributed by atoms with Crippen LogP contribution in [0, 0.1) is 0 Å². The van der Waals surface area contributed by atoms with Crippen LogP contribution in [-0.4, -0.2) is 39.7 Å². The molecule has 0 aliphatic carbocycles. The van der Waals surface area contributed by atoms with E-state index in [0.717, 1.165) is 5.56 Å². The predicted octanol–water partition coefficient (Wildman–Crippen LogP) is 4.24. The Morgan fingerprint density at radius 3 is 2.30 bits per heavy atom. The zero-order valence-electron chi connectivity index (χ0n) is 18.6. The number of hydrogen-bond acceptors (Lipinski definition) is 5. The summed E-state index contributed by atoms with van der Waals surface area (Å²) in [7, 11) is 4.70. The summed E-state index contributed by atoms with van der Waals surface area (Å²) in [6.45, 7) is -0.0890. The van der Waals surface area contributed by atoms with Crippen LogP contribution in [0.3, 0.4) is 0 Å². The average Bonchev–Trinajstić information content (AvgIpc) is 2.86. The molecule has 1 aliphatic heterocycles. The van der Waals surface area contributed by atoms with Gasteiger partial charge in [0.15, 0.2) is 0 Å². The molecule has 33 heavy (non-hydrogen) atoms. The maximum absolute atomic E-state index is 13.9. The summed E-state index contributed by atoms with van der Waals surface area (Å²) in [5, 5.41) is 2.82. The number of amides is 2. The number of para-hydroxylation sites is 2. The van der Waals surface area contributed by atoms with Crippen molar-refractivity contribution < 1.29 is 23.8 Å². The van der Waals surface area contributed by atoms with Crippen molar-refractivity contribution in [1.29, 1.82) is 0 Å². The van der Waals surface area contributed by atoms with Crippen LogP contribution in [0.25, 0.3) is 11.6 Å². The van der Waals surface area contributed by atoms with Gasteiger partial charge in [-0.1, -0.05) is 24.3 Å². The van der Waals surface area contributed by atoms with Crippen molar-refractivity contribution in [3.63, 3.8) is 0 Å². The minimum atomic E-state index is -0.323. The highest BCUT2D eigenvalue weighted by Gasteiger charge is 2.30. The molecule has 0 atom stereocenters. The Labute approximate surface area is 192 Å². The Bertz CT molecular complexity index is 1220. The SMILES string of the molecule is COc1ccc(/C=C(/C(=O)N2CC(=O)Nc3ccccc32)c2ccc(OC)cc2OC)cc1. The lowest BCUT2D eigenvalue weighted by Crippen LogP contribution is -2.42. The molecule has 3 aromatic carbocycles. The van der Waals surface area contributed by atoms with Crippen molar-refractivity contribution in [3.8, 4) is 17.2 Å². The molecule has 0 bridgehead atoms. The number of fused-ring (bicyclic) bond motifs is 1. The first-order valence-electron chi connectivity index (χ1n) is 10.3. The first-order chi connectivity index (χ1) is 16.0. The van der Waals surface area contributed by atoms with Crippen molar-refractivity contribution in [2.75, 3.05) is 38.1 Å². The van der Waals surface area contributed by atoms with E-state index < -0.39 is 0 Å². The normalized spacial score (nSPS) is 13.1. The fourth-order valence-electron chi connectivity index (χ4n) is 3.70. The van der Waals surface area contributed by atoms with E-state index in [9.17, 15) is 9.59 Å². The third kappa shape index (κ3) is 4.52. The van der Waals surface area contributed by atoms with Gasteiger partial charge in [0.05, 0.1) is 38.3 Å². The largest absolute Gasteiger partial charge is 0.497 e. The van der Waals surface area contributed by atoms with Crippen molar-refractivity contribution in [3.05, 3.63) is 77.9 Å². The monoisotopic (exact) mass is 444 g/mol. The summed E-state index contributed by atoms with van der Waals surface area (Å²) in [5.74, 6) is 1.22. The molecule has 0 aromatic heterocycles. The average molecular weight is 444 g/mol. The molecule has 0 saturated carbocycles. The van der Waals surface area contributed by atoms with Crippen LogP contribution in [0.15, 0.2) is 66.7 Å². The fraction of sp³-hybridized carbons (Fsp3) is 0.154. The van der Waals surface area contributed by atoms with Gasteiger partial charge in [-0.3, -0.25) is 14.5 Å². The van der Waals surface area contributed by atoms with Crippen LogP contribution in [0.1, 0.15) is 11.1 Å². The summed E-state index contributed by atoms with van der Waals surface area (Å²) < 4.78 is 16.1. The Kier molecular flexibility index (Phi) is 6.31. The number of carbonyl (C=O) groups excluding carboxylic acids is 2. The molecule has 0 radical (unpaired) electrons. The van der Waals surface area contributed by atoms with E-state index in [-0.39, 0.29) is 18.4 Å². The molecule has 0 fully saturated rings. The third-order valence-electron chi connectivity index (χ3n) is 5.37. The van der Waals surface area contributed by atoms with Crippen molar-refractivity contribution in [2.45, 2.75) is 0 Å². The van der Waals surface area contributed by atoms with Crippen LogP contribution in [0.4, 0.5) is 11.4 Å². The van der Waals surface area contributed by atoms with E-state index >= 15 is 0 Å². The third-order valence-corrected chi connectivity index (χ3v) is 5.37. The van der Waals surface area contributed by atoms with Gasteiger partial charge >= 0.3 is 0 Å². The number of carbonyl (C=O) groups is 2. The van der Waals surface area contributed by atoms with E-state index in [0.29, 0.717) is 39.8 Å². The first-order valence-corrected chi connectivity index (χ1v) is 10.3. The van der Waals surface area contributed by atoms with E-state index in [4.69, 9.17) is 14.2 Å². The van der Waals surface area contributed by atoms with Gasteiger partial charge in [-0.15, -0.1) is 0 Å². The van der Waals surface area contributed by atoms with Crippen LogP contribution >= 0.6 is 0 Å². The van der Waals surface area contributed by atoms with Crippen LogP contribution < -0.4 is 24.4 Å². The summed E-state index contributed by atoms with van der Waals surface area (Å²) in [6.07, 6.45) is 1.78. The molecule has 4 rings (SSSR count). The molecule has 0 spiro atoms. The van der Waals surface area contributed by atoms with E-state index in [1.807, 2.05) is 42.5 Å². The van der Waals surface area contributed by atoms with Gasteiger partial charge in [0.2, 0.25) is 5.91 Å². The predicted molar refractivity (Wildman–Crippen MR) is 128 cm³/mol. The quantitative estimate of drug-likeness (QED) is 0.455. The molecule has 7 heteroatoms. The Morgan fingerprint density at radius 1 is 0.909 bits per heavy atom. The second-order valence-corrected chi connectivity index (χ2v) is 7.35. The van der Waals surface area contributed by atoms with Crippen LogP contribution in [0.2, 0.25) is 0 Å². The van der Waals surface area contributed by atoms with E-state index in [2.05, 4.69) is 5.32 Å². The zero-order valence-corrected chi connectivity index (χ0v) is 18.6. The molecule has 1 heterocycles. The number of anilines is 2. The number of benzene rings is 3. The van der Waals surface area contributed by atoms with Gasteiger partial charge in [-0.2, -0.15) is 0 Å². The number of rotatable bonds is 6. The number of nitrogens with zero attached hydrogens (tertiary/aromatic N) is 1. The highest BCUT2D eigenvalue weighted by molar-refractivity contribution is 6.32. The lowest BCUT2D eigenvalue weighted by molar-refractivity contribution is -0.118. The molecule has 0 unspecified atom stereocenters. The second-order valence-electron chi connectivity index (χ2n) is 7.35. The van der Waals surface area contributed by atoms with Gasteiger partial charge < -0.3 is 19.5 Å². The van der Waals surface area contributed by atoms with Crippen LogP contribution in [0.5, 0.6) is 17.2 Å². The number of ether oxygens (including phenoxy) is 3. The lowest BCUT2D eigenvalue weighted by Gasteiger charge is -2.30. The summed E-state index contributed by atoms with van der Waals surface area (Å²) in [5.41, 5.74) is 2.99. The number of methoxy groups -OCH3 is 3. The van der Waals surface area contributed by atoms with Gasteiger partial charge in [0.25, 0.3) is 5.91 Å². The molecule has 0 saturated heterocycles. The molecule has 1 aliphatic rings. The Hall–Kier alpha value is -4.26. The van der Waals surface area contributed by atoms with E-state index in [1.165, 1.54) is 12.0 Å². The standard InChI is InChI=1S/C26H24N2O5/c1-31-18-10-8-17(9-11-18)14-21(20-13-12-19(32-2)15-24(20)33-3)26(30)28-16-25(29)27-22-6-4-5-7-23(22)28/h4-15H,16H2,1-3H3,(H,27,29)/b21-14+. The highest BCUT2D eigenvalue weighted by atomic mass is 16.5. The molecule has 3 aromatic rings. The topological polar surface area (TPSA) is 77.1 Å². The molecule has 168 valence electrons. The minimum absolute atomic E-state index is 0.0890. The van der Waals surface area contributed by atoms with Crippen LogP contribution in [-0.2, 0) is 9.59 Å². The van der Waals surface area contributed by atoms with Crippen molar-refractivity contribution in [2.24, 2.45) is 0 Å². The van der Waals surface area contributed by atoms with E-state index in [1.54, 1.807) is 44.6 Å². The molecule has 1 N–H and O–H groups in total. The minimum Gasteiger partial charge on any atom is -0.497 e. The molecular formula is C26H24N2O5. The Balaban J connectivity index is 1.85. The summed E-state index contributed by atoms with van der Waals surface area (Å²) >= 11 is 0. The number of nitrogens with one attached hydrogen (secondary N) is 1. The van der Waals surface area contributed by atoms with Gasteiger partial charge in [0, 0.05) is 11.6 Å². The smallest absolute Gasteiger partial charge is 0.259 e. The second kappa shape index (κ2) is 9.48. The highest BCUT2D eigenvalue weighted by Crippen LogP contribution is 2.36. The maximum atomic E-state index is 13.9. The maximum Gasteiger partial charge on any atom is 0.259 e. The summed E-state index contributed by atoms with van der Waals surface area (Å²) in [6, 6.07) is 19.9. The fourth-order valence-corrected chi connectivity index (χ4v) is 3.70. The van der Waals surface area contributed by atoms with Gasteiger partial charge in [-0.05, 0) is 48.0 Å². The Morgan fingerprint density at radius 2 is 1.61 bits per heavy atom. The van der Waals surface area contributed by atoms with Gasteiger partial charge in [-0.25, -0.2) is 0 Å². The first kappa shape index (κ1) is 22.0. The van der Waals surface area contributed by atoms with Crippen molar-refractivity contribution >= 4 is 34.8 Å². The molecule has 7 nitrogen and oxygen atoms in total. The zero-order chi connectivity index (χ0) is 23.4. The van der Waals surface area contributed by atoms with Crippen molar-refractivity contribution in [1.82, 2.24) is 0 Å². The summed E-state index contributed by atoms with van der Waals surface area (Å²) in [4.78, 5) is 27.8. The lowest BCUT2D eigenvalue weighted by atomic mass is 9.99. The molecule has 2 amide bonds. The molecular weight excluding hydrogens is 420 g/mol.